The molecule has 0 atom stereocenters. The van der Waals surface area contributed by atoms with Gasteiger partial charge in [0, 0.05) is 68.4 Å². The van der Waals surface area contributed by atoms with E-state index in [9.17, 15) is 0 Å². The lowest BCUT2D eigenvalue weighted by atomic mass is 9.93. The molecular weight excluding hydrogens is 631 g/mol. The van der Waals surface area contributed by atoms with Crippen LogP contribution in [0, 0.1) is 0 Å². The molecule has 0 radical (unpaired) electrons. The van der Waals surface area contributed by atoms with Gasteiger partial charge in [-0.25, -0.2) is 0 Å². The number of nitrogens with zero attached hydrogens (tertiary/aromatic N) is 1. The van der Waals surface area contributed by atoms with Gasteiger partial charge in [-0.15, -0.1) is 22.7 Å². The van der Waals surface area contributed by atoms with E-state index in [0.29, 0.717) is 0 Å². The van der Waals surface area contributed by atoms with Gasteiger partial charge >= 0.3 is 0 Å². The van der Waals surface area contributed by atoms with Crippen LogP contribution >= 0.6 is 22.7 Å². The Kier molecular flexibility index (Phi) is 6.61. The van der Waals surface area contributed by atoms with E-state index in [1.165, 1.54) is 73.4 Å². The van der Waals surface area contributed by atoms with E-state index in [1.54, 1.807) is 0 Å². The maximum Gasteiger partial charge on any atom is 0.0468 e. The Balaban J connectivity index is 1.23. The van der Waals surface area contributed by atoms with Crippen LogP contribution in [-0.2, 0) is 0 Å². The number of anilines is 3. The summed E-state index contributed by atoms with van der Waals surface area (Å²) < 4.78 is 5.30. The molecule has 0 aliphatic carbocycles. The smallest absolute Gasteiger partial charge is 0.0468 e. The fraction of sp³-hybridized carbons (Fsp3) is 0. The fourth-order valence-corrected chi connectivity index (χ4v) is 9.93. The largest absolute Gasteiger partial charge is 0.310 e. The van der Waals surface area contributed by atoms with Crippen LogP contribution in [0.5, 0.6) is 0 Å². The molecule has 0 saturated carbocycles. The molecule has 10 rings (SSSR count). The number of hydrogen-bond donors (Lipinski definition) is 0. The molecule has 10 aromatic rings. The van der Waals surface area contributed by atoms with Crippen LogP contribution in [-0.4, -0.2) is 0 Å². The predicted octanol–water partition coefficient (Wildman–Crippen LogP) is 14.4. The van der Waals surface area contributed by atoms with Crippen molar-refractivity contribution in [1.29, 1.82) is 0 Å². The second-order valence-electron chi connectivity index (χ2n) is 12.5. The molecule has 2 aromatic heterocycles. The van der Waals surface area contributed by atoms with Gasteiger partial charge in [0.15, 0.2) is 0 Å². The van der Waals surface area contributed by atoms with Crippen molar-refractivity contribution >= 4 is 90.9 Å². The summed E-state index contributed by atoms with van der Waals surface area (Å²) in [6.45, 7) is 0. The first-order valence-electron chi connectivity index (χ1n) is 16.6. The summed E-state index contributed by atoms with van der Waals surface area (Å²) >= 11 is 3.81. The SMILES string of the molecule is c1ccc(-c2cccc3sc4c(-c5cc6c7cc(N(c8ccccc8)c8ccccc8)ccc7sc6c6ccccc56)cccc4c23)cc1. The lowest BCUT2D eigenvalue weighted by Crippen LogP contribution is -2.09. The van der Waals surface area contributed by atoms with Gasteiger partial charge in [0.05, 0.1) is 0 Å². The summed E-state index contributed by atoms with van der Waals surface area (Å²) in [5.41, 5.74) is 8.57. The van der Waals surface area contributed by atoms with Crippen LogP contribution in [0.1, 0.15) is 0 Å². The maximum atomic E-state index is 2.47. The topological polar surface area (TPSA) is 3.24 Å². The number of rotatable bonds is 5. The van der Waals surface area contributed by atoms with Crippen LogP contribution in [0.4, 0.5) is 17.1 Å². The van der Waals surface area contributed by atoms with Gasteiger partial charge in [0.1, 0.15) is 0 Å². The highest BCUT2D eigenvalue weighted by Crippen LogP contribution is 2.48. The van der Waals surface area contributed by atoms with Crippen LogP contribution in [0.2, 0.25) is 0 Å². The Bertz CT molecular complexity index is 2770. The molecule has 8 aromatic carbocycles. The molecule has 0 amide bonds. The number of para-hydroxylation sites is 2. The predicted molar refractivity (Wildman–Crippen MR) is 215 cm³/mol. The minimum Gasteiger partial charge on any atom is -0.310 e. The third-order valence-corrected chi connectivity index (χ3v) is 12.1. The van der Waals surface area contributed by atoms with E-state index in [1.807, 2.05) is 22.7 Å². The minimum atomic E-state index is 1.14. The summed E-state index contributed by atoms with van der Waals surface area (Å²) in [4.78, 5) is 2.35. The average Bonchev–Trinajstić information content (AvgIpc) is 3.74. The van der Waals surface area contributed by atoms with E-state index in [-0.39, 0.29) is 0 Å². The van der Waals surface area contributed by atoms with Crippen LogP contribution in [0.25, 0.3) is 73.4 Å². The van der Waals surface area contributed by atoms with Gasteiger partial charge < -0.3 is 4.90 Å². The van der Waals surface area contributed by atoms with Crippen molar-refractivity contribution in [3.05, 3.63) is 176 Å². The molecule has 0 saturated heterocycles. The standard InChI is InChI=1S/C46H29NS2/c1-4-14-30(15-5-1)34-22-13-25-43-44(34)38-24-12-23-37(45(38)49-43)39-29-41-40-28-33(26-27-42(40)48-46(41)36-21-11-10-20-35(36)39)47(31-16-6-2-7-17-31)32-18-8-3-9-19-32/h1-29H. The van der Waals surface area contributed by atoms with E-state index in [0.717, 1.165) is 17.1 Å². The maximum absolute atomic E-state index is 2.47. The van der Waals surface area contributed by atoms with Crippen molar-refractivity contribution in [3.8, 4) is 22.3 Å². The molecule has 0 unspecified atom stereocenters. The molecule has 0 N–H and O–H groups in total. The lowest BCUT2D eigenvalue weighted by Gasteiger charge is -2.25. The third kappa shape index (κ3) is 4.58. The van der Waals surface area contributed by atoms with Gasteiger partial charge in [0.25, 0.3) is 0 Å². The highest BCUT2D eigenvalue weighted by Gasteiger charge is 2.19. The molecule has 0 spiro atoms. The van der Waals surface area contributed by atoms with Crippen LogP contribution < -0.4 is 4.90 Å². The quantitative estimate of drug-likeness (QED) is 0.178. The van der Waals surface area contributed by atoms with Gasteiger partial charge in [-0.3, -0.25) is 0 Å². The zero-order valence-corrected chi connectivity index (χ0v) is 28.1. The van der Waals surface area contributed by atoms with Crippen LogP contribution in [0.15, 0.2) is 176 Å². The molecule has 0 aliphatic heterocycles. The van der Waals surface area contributed by atoms with E-state index < -0.39 is 0 Å². The summed E-state index contributed by atoms with van der Waals surface area (Å²) in [5, 5.41) is 7.86. The highest BCUT2D eigenvalue weighted by atomic mass is 32.1. The highest BCUT2D eigenvalue weighted by molar-refractivity contribution is 7.27. The van der Waals surface area contributed by atoms with Crippen molar-refractivity contribution in [3.63, 3.8) is 0 Å². The zero-order chi connectivity index (χ0) is 32.3. The van der Waals surface area contributed by atoms with Crippen molar-refractivity contribution in [2.24, 2.45) is 0 Å². The van der Waals surface area contributed by atoms with Gasteiger partial charge in [-0.2, -0.15) is 0 Å². The van der Waals surface area contributed by atoms with Gasteiger partial charge in [0.2, 0.25) is 0 Å². The molecule has 0 fully saturated rings. The fourth-order valence-electron chi connectivity index (χ4n) is 7.47. The number of thiophene rings is 2. The normalized spacial score (nSPS) is 11.7. The Hall–Kier alpha value is -5.74. The van der Waals surface area contributed by atoms with Gasteiger partial charge in [-0.05, 0) is 76.7 Å². The average molecular weight is 660 g/mol. The first-order valence-corrected chi connectivity index (χ1v) is 18.2. The number of hydrogen-bond acceptors (Lipinski definition) is 3. The first kappa shape index (κ1) is 28.3. The minimum absolute atomic E-state index is 1.14. The molecule has 1 nitrogen and oxygen atoms in total. The molecule has 2 heterocycles. The van der Waals surface area contributed by atoms with Crippen molar-refractivity contribution in [1.82, 2.24) is 0 Å². The summed E-state index contributed by atoms with van der Waals surface area (Å²) in [6, 6.07) is 64.1. The molecule has 3 heteroatoms. The summed E-state index contributed by atoms with van der Waals surface area (Å²) in [7, 11) is 0. The Morgan fingerprint density at radius 3 is 1.69 bits per heavy atom. The monoisotopic (exact) mass is 659 g/mol. The molecule has 0 aliphatic rings. The lowest BCUT2D eigenvalue weighted by molar-refractivity contribution is 1.29. The van der Waals surface area contributed by atoms with E-state index >= 15 is 0 Å². The van der Waals surface area contributed by atoms with Crippen molar-refractivity contribution < 1.29 is 0 Å². The Labute approximate surface area is 292 Å². The number of fused-ring (bicyclic) bond motifs is 8. The molecule has 49 heavy (non-hydrogen) atoms. The van der Waals surface area contributed by atoms with Gasteiger partial charge in [-0.1, -0.05) is 121 Å². The summed E-state index contributed by atoms with van der Waals surface area (Å²) in [6.07, 6.45) is 0. The zero-order valence-electron chi connectivity index (χ0n) is 26.5. The van der Waals surface area contributed by atoms with E-state index in [4.69, 9.17) is 0 Å². The molecule has 230 valence electrons. The Morgan fingerprint density at radius 1 is 0.327 bits per heavy atom. The molecular formula is C46H29NS2. The molecule has 0 bridgehead atoms. The first-order chi connectivity index (χ1) is 24.3. The van der Waals surface area contributed by atoms with E-state index in [2.05, 4.69) is 181 Å². The third-order valence-electron chi connectivity index (χ3n) is 9.65. The second-order valence-corrected chi connectivity index (χ2v) is 14.6. The van der Waals surface area contributed by atoms with Crippen molar-refractivity contribution in [2.45, 2.75) is 0 Å². The Morgan fingerprint density at radius 2 is 0.939 bits per heavy atom. The second kappa shape index (κ2) is 11.5. The summed E-state index contributed by atoms with van der Waals surface area (Å²) in [5.74, 6) is 0. The van der Waals surface area contributed by atoms with Crippen molar-refractivity contribution in [2.75, 3.05) is 4.90 Å². The number of benzene rings is 8. The van der Waals surface area contributed by atoms with Crippen LogP contribution in [0.3, 0.4) is 0 Å².